The first-order valence-corrected chi connectivity index (χ1v) is 9.52. The Bertz CT molecular complexity index is 984. The fraction of sp³-hybridized carbons (Fsp3) is 0.118. The minimum Gasteiger partial charge on any atom is -0.367 e. The van der Waals surface area contributed by atoms with Crippen molar-refractivity contribution >= 4 is 27.3 Å². The number of halogens is 1. The van der Waals surface area contributed by atoms with Crippen LogP contribution in [0.5, 0.6) is 0 Å². The Balaban J connectivity index is 1.49. The van der Waals surface area contributed by atoms with E-state index >= 15 is 0 Å². The standard InChI is InChI=1S/C17H17FN6O2S/c18-14-5-1-2-6-15(14)27(25,26)21-11-10-20-16-7-8-17(24-23-16)22-13-4-3-9-19-12-13/h1-9,12,21H,10-11H2,(H,20,23)(H,22,24). The highest BCUT2D eigenvalue weighted by atomic mass is 32.2. The summed E-state index contributed by atoms with van der Waals surface area (Å²) in [4.78, 5) is 3.61. The van der Waals surface area contributed by atoms with Gasteiger partial charge in [-0.25, -0.2) is 17.5 Å². The van der Waals surface area contributed by atoms with Gasteiger partial charge in [0.1, 0.15) is 16.5 Å². The molecule has 0 saturated carbocycles. The van der Waals surface area contributed by atoms with Crippen LogP contribution in [0.15, 0.2) is 65.8 Å². The lowest BCUT2D eigenvalue weighted by atomic mass is 10.4. The predicted molar refractivity (Wildman–Crippen MR) is 99.6 cm³/mol. The molecule has 0 saturated heterocycles. The summed E-state index contributed by atoms with van der Waals surface area (Å²) in [5.74, 6) is 0.242. The molecule has 27 heavy (non-hydrogen) atoms. The number of nitrogens with one attached hydrogen (secondary N) is 3. The van der Waals surface area contributed by atoms with Gasteiger partial charge in [-0.15, -0.1) is 10.2 Å². The number of nitrogens with zero attached hydrogens (tertiary/aromatic N) is 3. The van der Waals surface area contributed by atoms with Crippen LogP contribution in [0.1, 0.15) is 0 Å². The van der Waals surface area contributed by atoms with Crippen molar-refractivity contribution in [3.63, 3.8) is 0 Å². The molecule has 0 atom stereocenters. The number of aromatic nitrogens is 3. The molecule has 0 amide bonds. The Hall–Kier alpha value is -3.11. The summed E-state index contributed by atoms with van der Waals surface area (Å²) >= 11 is 0. The van der Waals surface area contributed by atoms with E-state index in [0.717, 1.165) is 11.8 Å². The van der Waals surface area contributed by atoms with Gasteiger partial charge in [0.15, 0.2) is 5.82 Å². The zero-order valence-electron chi connectivity index (χ0n) is 14.1. The molecule has 8 nitrogen and oxygen atoms in total. The van der Waals surface area contributed by atoms with Crippen molar-refractivity contribution in [3.05, 3.63) is 66.7 Å². The summed E-state index contributed by atoms with van der Waals surface area (Å²) in [6, 6.07) is 12.3. The molecule has 0 radical (unpaired) electrons. The van der Waals surface area contributed by atoms with Gasteiger partial charge >= 0.3 is 0 Å². The van der Waals surface area contributed by atoms with E-state index in [1.165, 1.54) is 18.2 Å². The van der Waals surface area contributed by atoms with Crippen LogP contribution in [-0.2, 0) is 10.0 Å². The van der Waals surface area contributed by atoms with E-state index in [1.54, 1.807) is 30.6 Å². The zero-order chi connectivity index (χ0) is 19.1. The van der Waals surface area contributed by atoms with Crippen molar-refractivity contribution < 1.29 is 12.8 Å². The summed E-state index contributed by atoms with van der Waals surface area (Å²) in [5, 5.41) is 14.0. The molecule has 0 bridgehead atoms. The molecular formula is C17H17FN6O2S. The topological polar surface area (TPSA) is 109 Å². The van der Waals surface area contributed by atoms with E-state index in [0.29, 0.717) is 11.6 Å². The van der Waals surface area contributed by atoms with Crippen LogP contribution >= 0.6 is 0 Å². The molecule has 1 aromatic carbocycles. The minimum absolute atomic E-state index is 0.0635. The smallest absolute Gasteiger partial charge is 0.243 e. The van der Waals surface area contributed by atoms with Gasteiger partial charge in [0.05, 0.1) is 11.9 Å². The fourth-order valence-corrected chi connectivity index (χ4v) is 3.30. The maximum absolute atomic E-state index is 13.6. The molecule has 0 aliphatic heterocycles. The lowest BCUT2D eigenvalue weighted by Crippen LogP contribution is -2.29. The first-order valence-electron chi connectivity index (χ1n) is 8.03. The van der Waals surface area contributed by atoms with Gasteiger partial charge in [0.2, 0.25) is 10.0 Å². The molecule has 2 aromatic heterocycles. The zero-order valence-corrected chi connectivity index (χ0v) is 14.9. The first kappa shape index (κ1) is 18.7. The molecule has 0 fully saturated rings. The quantitative estimate of drug-likeness (QED) is 0.507. The minimum atomic E-state index is -3.90. The van der Waals surface area contributed by atoms with E-state index in [-0.39, 0.29) is 18.0 Å². The SMILES string of the molecule is O=S(=O)(NCCNc1ccc(Nc2cccnc2)nn1)c1ccccc1F. The Morgan fingerprint density at radius 1 is 0.926 bits per heavy atom. The summed E-state index contributed by atoms with van der Waals surface area (Å²) in [7, 11) is -3.90. The molecular weight excluding hydrogens is 371 g/mol. The molecule has 0 spiro atoms. The van der Waals surface area contributed by atoms with Gasteiger partial charge in [-0.1, -0.05) is 12.1 Å². The monoisotopic (exact) mass is 388 g/mol. The molecule has 3 rings (SSSR count). The Morgan fingerprint density at radius 2 is 1.70 bits per heavy atom. The molecule has 3 aromatic rings. The normalized spacial score (nSPS) is 11.1. The lowest BCUT2D eigenvalue weighted by molar-refractivity contribution is 0.558. The van der Waals surface area contributed by atoms with Crippen LogP contribution in [0.25, 0.3) is 0 Å². The molecule has 0 aliphatic carbocycles. The van der Waals surface area contributed by atoms with Crippen LogP contribution in [0.3, 0.4) is 0 Å². The van der Waals surface area contributed by atoms with Crippen LogP contribution < -0.4 is 15.4 Å². The largest absolute Gasteiger partial charge is 0.367 e. The second-order valence-corrected chi connectivity index (χ2v) is 7.16. The second kappa shape index (κ2) is 8.52. The Morgan fingerprint density at radius 3 is 2.41 bits per heavy atom. The molecule has 0 unspecified atom stereocenters. The van der Waals surface area contributed by atoms with E-state index in [2.05, 4.69) is 30.5 Å². The number of pyridine rings is 1. The molecule has 2 heterocycles. The second-order valence-electron chi connectivity index (χ2n) is 5.43. The van der Waals surface area contributed by atoms with E-state index in [1.807, 2.05) is 6.07 Å². The van der Waals surface area contributed by atoms with E-state index in [9.17, 15) is 12.8 Å². The highest BCUT2D eigenvalue weighted by Gasteiger charge is 2.17. The highest BCUT2D eigenvalue weighted by Crippen LogP contribution is 2.14. The number of anilines is 3. The van der Waals surface area contributed by atoms with Crippen molar-refractivity contribution in [2.24, 2.45) is 0 Å². The van der Waals surface area contributed by atoms with Gasteiger partial charge in [0.25, 0.3) is 0 Å². The first-order chi connectivity index (χ1) is 13.0. The number of hydrogen-bond acceptors (Lipinski definition) is 7. The number of hydrogen-bond donors (Lipinski definition) is 3. The van der Waals surface area contributed by atoms with Crippen LogP contribution in [0.4, 0.5) is 21.7 Å². The van der Waals surface area contributed by atoms with Crippen LogP contribution in [0, 0.1) is 5.82 Å². The van der Waals surface area contributed by atoms with Crippen molar-refractivity contribution in [1.29, 1.82) is 0 Å². The highest BCUT2D eigenvalue weighted by molar-refractivity contribution is 7.89. The summed E-state index contributed by atoms with van der Waals surface area (Å²) in [5.41, 5.74) is 0.787. The third kappa shape index (κ3) is 5.19. The molecule has 3 N–H and O–H groups in total. The molecule has 0 aliphatic rings. The molecule has 140 valence electrons. The van der Waals surface area contributed by atoms with Gasteiger partial charge < -0.3 is 10.6 Å². The van der Waals surface area contributed by atoms with Crippen LogP contribution in [0.2, 0.25) is 0 Å². The van der Waals surface area contributed by atoms with Gasteiger partial charge in [-0.05, 0) is 36.4 Å². The van der Waals surface area contributed by atoms with Crippen molar-refractivity contribution in [2.45, 2.75) is 4.90 Å². The lowest BCUT2D eigenvalue weighted by Gasteiger charge is -2.09. The van der Waals surface area contributed by atoms with Crippen LogP contribution in [-0.4, -0.2) is 36.7 Å². The summed E-state index contributed by atoms with van der Waals surface area (Å²) < 4.78 is 40.0. The average molecular weight is 388 g/mol. The third-order valence-electron chi connectivity index (χ3n) is 3.45. The van der Waals surface area contributed by atoms with Crippen molar-refractivity contribution in [2.75, 3.05) is 23.7 Å². The fourth-order valence-electron chi connectivity index (χ4n) is 2.19. The van der Waals surface area contributed by atoms with E-state index < -0.39 is 15.8 Å². The Labute approximate surface area is 155 Å². The van der Waals surface area contributed by atoms with Crippen molar-refractivity contribution in [3.8, 4) is 0 Å². The Kier molecular flexibility index (Phi) is 5.89. The number of rotatable bonds is 8. The predicted octanol–water partition coefficient (Wildman–Crippen LogP) is 2.14. The summed E-state index contributed by atoms with van der Waals surface area (Å²) in [6.45, 7) is 0.325. The third-order valence-corrected chi connectivity index (χ3v) is 4.94. The van der Waals surface area contributed by atoms with Crippen molar-refractivity contribution in [1.82, 2.24) is 19.9 Å². The maximum Gasteiger partial charge on any atom is 0.243 e. The van der Waals surface area contributed by atoms with E-state index in [4.69, 9.17) is 0 Å². The summed E-state index contributed by atoms with van der Waals surface area (Å²) in [6.07, 6.45) is 3.33. The number of sulfonamides is 1. The number of benzene rings is 1. The average Bonchev–Trinajstić information content (AvgIpc) is 2.67. The van der Waals surface area contributed by atoms with Gasteiger partial charge in [-0.3, -0.25) is 4.98 Å². The van der Waals surface area contributed by atoms with Gasteiger partial charge in [-0.2, -0.15) is 0 Å². The van der Waals surface area contributed by atoms with Gasteiger partial charge in [0, 0.05) is 19.3 Å². The maximum atomic E-state index is 13.6. The molecule has 10 heteroatoms.